The maximum Gasteiger partial charge on any atom is 0.511 e. The number of rotatable bonds is 5. The zero-order valence-corrected chi connectivity index (χ0v) is 14.5. The van der Waals surface area contributed by atoms with Crippen molar-refractivity contribution in [2.24, 2.45) is 5.92 Å². The van der Waals surface area contributed by atoms with Crippen molar-refractivity contribution in [1.82, 2.24) is 14.8 Å². The second kappa shape index (κ2) is 7.90. The third-order valence-electron chi connectivity index (χ3n) is 3.48. The first-order chi connectivity index (χ1) is 12.9. The number of aromatic nitrogens is 3. The van der Waals surface area contributed by atoms with Crippen molar-refractivity contribution in [1.29, 1.82) is 0 Å². The van der Waals surface area contributed by atoms with Crippen LogP contribution in [0.15, 0.2) is 18.5 Å². The van der Waals surface area contributed by atoms with E-state index in [1.165, 1.54) is 6.07 Å². The van der Waals surface area contributed by atoms with Crippen molar-refractivity contribution < 1.29 is 41.4 Å². The van der Waals surface area contributed by atoms with Crippen LogP contribution in [0.3, 0.4) is 0 Å². The van der Waals surface area contributed by atoms with Crippen molar-refractivity contribution in [3.63, 3.8) is 0 Å². The Morgan fingerprint density at radius 1 is 1.29 bits per heavy atom. The van der Waals surface area contributed by atoms with E-state index in [0.717, 1.165) is 12.4 Å². The molecule has 0 amide bonds. The van der Waals surface area contributed by atoms with Gasteiger partial charge in [-0.15, -0.1) is 0 Å². The van der Waals surface area contributed by atoms with Gasteiger partial charge in [0.2, 0.25) is 0 Å². The fourth-order valence-corrected chi connectivity index (χ4v) is 2.53. The lowest BCUT2D eigenvalue weighted by atomic mass is 9.94. The minimum absolute atomic E-state index is 0.351. The first kappa shape index (κ1) is 21.3. The molecule has 2 aromatic rings. The van der Waals surface area contributed by atoms with E-state index in [2.05, 4.69) is 14.8 Å². The third-order valence-corrected chi connectivity index (χ3v) is 3.48. The number of hydrogen-bond acceptors (Lipinski definition) is 5. The molecule has 0 unspecified atom stereocenters. The Labute approximate surface area is 154 Å². The Morgan fingerprint density at radius 2 is 1.93 bits per heavy atom. The Morgan fingerprint density at radius 3 is 2.36 bits per heavy atom. The van der Waals surface area contributed by atoms with Gasteiger partial charge in [-0.25, -0.2) is 23.2 Å². The molecule has 1 N–H and O–H groups in total. The number of carbonyl (C=O) groups is 2. The fourth-order valence-electron chi connectivity index (χ4n) is 2.53. The van der Waals surface area contributed by atoms with Gasteiger partial charge in [-0.3, -0.25) is 4.79 Å². The van der Waals surface area contributed by atoms with Gasteiger partial charge < -0.3 is 9.84 Å². The zero-order chi connectivity index (χ0) is 21.2. The van der Waals surface area contributed by atoms with Gasteiger partial charge in [0.05, 0.1) is 5.56 Å². The lowest BCUT2D eigenvalue weighted by Crippen LogP contribution is -2.26. The Balaban J connectivity index is 2.95. The molecule has 0 aliphatic heterocycles. The van der Waals surface area contributed by atoms with E-state index in [1.807, 2.05) is 0 Å². The predicted octanol–water partition coefficient (Wildman–Crippen LogP) is 4.18. The van der Waals surface area contributed by atoms with Crippen LogP contribution < -0.4 is 4.74 Å². The summed E-state index contributed by atoms with van der Waals surface area (Å²) in [5.74, 6) is -2.83. The van der Waals surface area contributed by atoms with Gasteiger partial charge >= 0.3 is 12.3 Å². The van der Waals surface area contributed by atoms with Crippen molar-refractivity contribution in [2.45, 2.75) is 32.9 Å². The molecule has 28 heavy (non-hydrogen) atoms. The normalized spacial score (nSPS) is 11.9. The molecule has 0 aliphatic rings. The van der Waals surface area contributed by atoms with Crippen LogP contribution in [0.1, 0.15) is 47.6 Å². The summed E-state index contributed by atoms with van der Waals surface area (Å²) < 4.78 is 72.3. The van der Waals surface area contributed by atoms with Crippen LogP contribution in [0, 0.1) is 5.92 Å². The minimum atomic E-state index is -5.27. The lowest BCUT2D eigenvalue weighted by molar-refractivity contribution is -0.141. The molecule has 7 nitrogen and oxygen atoms in total. The Kier molecular flexibility index (Phi) is 6.00. The highest BCUT2D eigenvalue weighted by atomic mass is 19.4. The highest BCUT2D eigenvalue weighted by Gasteiger charge is 2.42. The number of halogens is 5. The van der Waals surface area contributed by atoms with Gasteiger partial charge in [0.25, 0.3) is 12.3 Å². The van der Waals surface area contributed by atoms with E-state index < -0.39 is 58.8 Å². The van der Waals surface area contributed by atoms with Crippen LogP contribution in [0.5, 0.6) is 5.75 Å². The van der Waals surface area contributed by atoms with Crippen LogP contribution in [-0.4, -0.2) is 31.9 Å². The zero-order valence-electron chi connectivity index (χ0n) is 14.5. The van der Waals surface area contributed by atoms with Crippen LogP contribution in [0.4, 0.5) is 26.7 Å². The second-order valence-corrected chi connectivity index (χ2v) is 6.05. The SMILES string of the molecule is CC(C)Cc1c(OC(=O)O)c(C(F)F)nc(C(F)(F)F)c1C(=O)n1cccn1. The summed E-state index contributed by atoms with van der Waals surface area (Å²) in [6.07, 6.45) is -9.05. The van der Waals surface area contributed by atoms with Crippen molar-refractivity contribution in [3.8, 4) is 5.75 Å². The number of pyridine rings is 1. The van der Waals surface area contributed by atoms with E-state index in [4.69, 9.17) is 5.11 Å². The van der Waals surface area contributed by atoms with Crippen LogP contribution >= 0.6 is 0 Å². The summed E-state index contributed by atoms with van der Waals surface area (Å²) >= 11 is 0. The molecular formula is C16H14F5N3O4. The largest absolute Gasteiger partial charge is 0.511 e. The minimum Gasteiger partial charge on any atom is -0.449 e. The van der Waals surface area contributed by atoms with Gasteiger partial charge in [0, 0.05) is 18.0 Å². The molecule has 12 heteroatoms. The summed E-state index contributed by atoms with van der Waals surface area (Å²) in [6.45, 7) is 3.09. The highest BCUT2D eigenvalue weighted by Crippen LogP contribution is 2.41. The summed E-state index contributed by atoms with van der Waals surface area (Å²) in [5.41, 5.74) is -5.10. The van der Waals surface area contributed by atoms with Crippen molar-refractivity contribution in [3.05, 3.63) is 41.0 Å². The third kappa shape index (κ3) is 4.43. The maximum atomic E-state index is 13.6. The molecule has 2 aromatic heterocycles. The maximum absolute atomic E-state index is 13.6. The summed E-state index contributed by atoms with van der Waals surface area (Å²) in [4.78, 5) is 26.5. The van der Waals surface area contributed by atoms with Crippen LogP contribution in [0.2, 0.25) is 0 Å². The van der Waals surface area contributed by atoms with Gasteiger partial charge in [-0.05, 0) is 18.4 Å². The Hall–Kier alpha value is -3.05. The van der Waals surface area contributed by atoms with Crippen LogP contribution in [-0.2, 0) is 12.6 Å². The predicted molar refractivity (Wildman–Crippen MR) is 83.3 cm³/mol. The monoisotopic (exact) mass is 407 g/mol. The van der Waals surface area contributed by atoms with Crippen molar-refractivity contribution >= 4 is 12.1 Å². The van der Waals surface area contributed by atoms with E-state index in [-0.39, 0.29) is 6.42 Å². The molecule has 2 heterocycles. The first-order valence-electron chi connectivity index (χ1n) is 7.80. The molecule has 0 atom stereocenters. The standard InChI is InChI=1S/C16H14F5N3O4/c1-7(2)6-8-9(14(25)24-5-3-4-22-24)12(16(19,20)21)23-10(13(17)18)11(8)28-15(26)27/h3-5,7,13H,6H2,1-2H3,(H,26,27). The molecule has 0 spiro atoms. The molecule has 0 fully saturated rings. The lowest BCUT2D eigenvalue weighted by Gasteiger charge is -2.21. The molecule has 0 saturated carbocycles. The average Bonchev–Trinajstić information content (AvgIpc) is 3.07. The molecule has 0 aliphatic carbocycles. The van der Waals surface area contributed by atoms with E-state index in [9.17, 15) is 31.5 Å². The van der Waals surface area contributed by atoms with E-state index >= 15 is 0 Å². The van der Waals surface area contributed by atoms with Gasteiger partial charge in [-0.2, -0.15) is 18.3 Å². The number of carboxylic acid groups (broad SMARTS) is 1. The smallest absolute Gasteiger partial charge is 0.449 e. The summed E-state index contributed by atoms with van der Waals surface area (Å²) in [6, 6.07) is 1.27. The molecular weight excluding hydrogens is 393 g/mol. The molecule has 2 rings (SSSR count). The quantitative estimate of drug-likeness (QED) is 0.590. The molecule has 0 radical (unpaired) electrons. The number of hydrogen-bond donors (Lipinski definition) is 1. The first-order valence-corrected chi connectivity index (χ1v) is 7.80. The van der Waals surface area contributed by atoms with Crippen LogP contribution in [0.25, 0.3) is 0 Å². The topological polar surface area (TPSA) is 94.3 Å². The molecule has 152 valence electrons. The second-order valence-electron chi connectivity index (χ2n) is 6.05. The molecule has 0 aromatic carbocycles. The van der Waals surface area contributed by atoms with Gasteiger partial charge in [-0.1, -0.05) is 13.8 Å². The van der Waals surface area contributed by atoms with E-state index in [0.29, 0.717) is 4.68 Å². The number of alkyl halides is 5. The average molecular weight is 407 g/mol. The summed E-state index contributed by atoms with van der Waals surface area (Å²) in [7, 11) is 0. The number of carbonyl (C=O) groups excluding carboxylic acids is 1. The molecule has 0 saturated heterocycles. The Bertz CT molecular complexity index is 879. The van der Waals surface area contributed by atoms with Gasteiger partial charge in [0.15, 0.2) is 17.1 Å². The fraction of sp³-hybridized carbons (Fsp3) is 0.375. The number of nitrogens with zero attached hydrogens (tertiary/aromatic N) is 3. The van der Waals surface area contributed by atoms with E-state index in [1.54, 1.807) is 13.8 Å². The highest BCUT2D eigenvalue weighted by molar-refractivity contribution is 5.99. The number of ether oxygens (including phenoxy) is 1. The molecule has 0 bridgehead atoms. The summed E-state index contributed by atoms with van der Waals surface area (Å²) in [5, 5.41) is 12.4. The van der Waals surface area contributed by atoms with Crippen molar-refractivity contribution in [2.75, 3.05) is 0 Å². The van der Waals surface area contributed by atoms with Gasteiger partial charge in [0.1, 0.15) is 0 Å².